The van der Waals surface area contributed by atoms with Crippen LogP contribution in [0.2, 0.25) is 5.02 Å². The Morgan fingerprint density at radius 3 is 2.43 bits per heavy atom. The van der Waals surface area contributed by atoms with E-state index < -0.39 is 22.5 Å². The first kappa shape index (κ1) is 14.7. The minimum absolute atomic E-state index is 0.0997. The third kappa shape index (κ3) is 3.90. The van der Waals surface area contributed by atoms with E-state index in [0.717, 1.165) is 12.1 Å². The van der Waals surface area contributed by atoms with Crippen molar-refractivity contribution in [3.05, 3.63) is 63.4 Å². The first-order chi connectivity index (χ1) is 9.95. The van der Waals surface area contributed by atoms with Crippen LogP contribution in [-0.4, -0.2) is 11.0 Å². The predicted octanol–water partition coefficient (Wildman–Crippen LogP) is 4.03. The number of nitrogens with one attached hydrogen (secondary N) is 2. The lowest BCUT2D eigenvalue weighted by molar-refractivity contribution is -0.387. The van der Waals surface area contributed by atoms with E-state index in [1.807, 2.05) is 0 Å². The Kier molecular flexibility index (Phi) is 4.34. The number of carbonyl (C=O) groups is 1. The van der Waals surface area contributed by atoms with E-state index in [1.54, 1.807) is 18.2 Å². The number of rotatable bonds is 3. The molecule has 2 amide bonds. The molecule has 0 radical (unpaired) electrons. The summed E-state index contributed by atoms with van der Waals surface area (Å²) in [6.45, 7) is 0. The first-order valence-electron chi connectivity index (χ1n) is 5.73. The maximum atomic E-state index is 13.2. The van der Waals surface area contributed by atoms with Crippen molar-refractivity contribution < 1.29 is 14.1 Å². The van der Waals surface area contributed by atoms with Gasteiger partial charge in [0.2, 0.25) is 5.82 Å². The Morgan fingerprint density at radius 1 is 1.14 bits per heavy atom. The van der Waals surface area contributed by atoms with Crippen LogP contribution >= 0.6 is 11.6 Å². The number of amides is 2. The lowest BCUT2D eigenvalue weighted by Crippen LogP contribution is -2.19. The predicted molar refractivity (Wildman–Crippen MR) is 77.1 cm³/mol. The average Bonchev–Trinajstić information content (AvgIpc) is 2.40. The molecule has 2 aromatic rings. The van der Waals surface area contributed by atoms with Gasteiger partial charge in [0.1, 0.15) is 0 Å². The van der Waals surface area contributed by atoms with Crippen molar-refractivity contribution in [2.75, 3.05) is 10.6 Å². The Balaban J connectivity index is 2.09. The molecule has 0 heterocycles. The number of urea groups is 1. The summed E-state index contributed by atoms with van der Waals surface area (Å²) in [5.74, 6) is -0.971. The Hall–Kier alpha value is -2.67. The van der Waals surface area contributed by atoms with Gasteiger partial charge in [-0.15, -0.1) is 0 Å². The van der Waals surface area contributed by atoms with Crippen LogP contribution in [0.1, 0.15) is 0 Å². The molecule has 108 valence electrons. The van der Waals surface area contributed by atoms with Gasteiger partial charge in [0, 0.05) is 22.5 Å². The maximum absolute atomic E-state index is 13.2. The molecule has 8 heteroatoms. The quantitative estimate of drug-likeness (QED) is 0.663. The molecule has 0 aliphatic carbocycles. The smallest absolute Gasteiger partial charge is 0.308 e. The third-order valence-electron chi connectivity index (χ3n) is 2.48. The molecule has 0 unspecified atom stereocenters. The van der Waals surface area contributed by atoms with Gasteiger partial charge in [-0.05, 0) is 30.3 Å². The summed E-state index contributed by atoms with van der Waals surface area (Å²) in [5, 5.41) is 15.9. The zero-order valence-corrected chi connectivity index (χ0v) is 11.2. The van der Waals surface area contributed by atoms with Crippen molar-refractivity contribution in [2.45, 2.75) is 0 Å². The van der Waals surface area contributed by atoms with Crippen LogP contribution in [0.4, 0.5) is 26.2 Å². The van der Waals surface area contributed by atoms with Crippen molar-refractivity contribution in [3.63, 3.8) is 0 Å². The number of carbonyl (C=O) groups excluding carboxylic acids is 1. The van der Waals surface area contributed by atoms with Gasteiger partial charge in [-0.2, -0.15) is 4.39 Å². The lowest BCUT2D eigenvalue weighted by atomic mass is 10.2. The fourth-order valence-corrected chi connectivity index (χ4v) is 1.78. The second-order valence-electron chi connectivity index (χ2n) is 4.01. The normalized spacial score (nSPS) is 10.0. The highest BCUT2D eigenvalue weighted by molar-refractivity contribution is 6.30. The molecule has 0 saturated heterocycles. The van der Waals surface area contributed by atoms with Crippen LogP contribution in [0.15, 0.2) is 42.5 Å². The highest BCUT2D eigenvalue weighted by Gasteiger charge is 2.15. The minimum atomic E-state index is -0.971. The average molecular weight is 310 g/mol. The van der Waals surface area contributed by atoms with Crippen LogP contribution in [0.3, 0.4) is 0 Å². The zero-order valence-electron chi connectivity index (χ0n) is 10.5. The SMILES string of the molecule is O=C(Nc1cccc(Cl)c1)Nc1ccc(F)c([N+](=O)[O-])c1. The van der Waals surface area contributed by atoms with Crippen molar-refractivity contribution in [3.8, 4) is 0 Å². The van der Waals surface area contributed by atoms with Crippen molar-refractivity contribution in [1.29, 1.82) is 0 Å². The molecule has 0 atom stereocenters. The van der Waals surface area contributed by atoms with Crippen LogP contribution in [0, 0.1) is 15.9 Å². The molecule has 0 bridgehead atoms. The summed E-state index contributed by atoms with van der Waals surface area (Å²) >= 11 is 5.77. The summed E-state index contributed by atoms with van der Waals surface area (Å²) in [7, 11) is 0. The molecule has 2 aromatic carbocycles. The topological polar surface area (TPSA) is 84.3 Å². The fourth-order valence-electron chi connectivity index (χ4n) is 1.59. The number of benzene rings is 2. The summed E-state index contributed by atoms with van der Waals surface area (Å²) < 4.78 is 13.2. The number of hydrogen-bond acceptors (Lipinski definition) is 3. The van der Waals surface area contributed by atoms with E-state index in [-0.39, 0.29) is 5.69 Å². The minimum Gasteiger partial charge on any atom is -0.308 e. The summed E-state index contributed by atoms with van der Waals surface area (Å²) in [6.07, 6.45) is 0. The van der Waals surface area contributed by atoms with E-state index in [2.05, 4.69) is 10.6 Å². The fraction of sp³-hybridized carbons (Fsp3) is 0. The molecule has 6 nitrogen and oxygen atoms in total. The summed E-state index contributed by atoms with van der Waals surface area (Å²) in [4.78, 5) is 21.5. The standard InChI is InChI=1S/C13H9ClFN3O3/c14-8-2-1-3-9(6-8)16-13(19)17-10-4-5-11(15)12(7-10)18(20)21/h1-7H,(H2,16,17,19). The van der Waals surface area contributed by atoms with Gasteiger partial charge in [0.15, 0.2) is 0 Å². The van der Waals surface area contributed by atoms with E-state index in [0.29, 0.717) is 10.7 Å². The molecule has 0 aromatic heterocycles. The van der Waals surface area contributed by atoms with Gasteiger partial charge in [-0.25, -0.2) is 4.79 Å². The number of nitro benzene ring substituents is 1. The van der Waals surface area contributed by atoms with Gasteiger partial charge in [0.05, 0.1) is 4.92 Å². The Bertz CT molecular complexity index is 709. The summed E-state index contributed by atoms with van der Waals surface area (Å²) in [6, 6.07) is 8.90. The number of nitro groups is 1. The van der Waals surface area contributed by atoms with Crippen LogP contribution in [0.5, 0.6) is 0 Å². The maximum Gasteiger partial charge on any atom is 0.323 e. The first-order valence-corrected chi connectivity index (χ1v) is 6.11. The largest absolute Gasteiger partial charge is 0.323 e. The molecule has 0 saturated carbocycles. The molecule has 21 heavy (non-hydrogen) atoms. The Morgan fingerprint density at radius 2 is 1.81 bits per heavy atom. The number of nitrogens with zero attached hydrogens (tertiary/aromatic N) is 1. The molecule has 0 fully saturated rings. The van der Waals surface area contributed by atoms with Crippen LogP contribution in [0.25, 0.3) is 0 Å². The van der Waals surface area contributed by atoms with E-state index >= 15 is 0 Å². The monoisotopic (exact) mass is 309 g/mol. The highest BCUT2D eigenvalue weighted by Crippen LogP contribution is 2.22. The molecular weight excluding hydrogens is 301 g/mol. The highest BCUT2D eigenvalue weighted by atomic mass is 35.5. The van der Waals surface area contributed by atoms with Crippen molar-refractivity contribution >= 4 is 34.7 Å². The molecule has 0 aliphatic heterocycles. The molecule has 0 aliphatic rings. The third-order valence-corrected chi connectivity index (χ3v) is 2.72. The van der Waals surface area contributed by atoms with Gasteiger partial charge >= 0.3 is 11.7 Å². The number of halogens is 2. The van der Waals surface area contributed by atoms with Gasteiger partial charge < -0.3 is 10.6 Å². The van der Waals surface area contributed by atoms with Gasteiger partial charge in [-0.3, -0.25) is 10.1 Å². The second kappa shape index (κ2) is 6.19. The van der Waals surface area contributed by atoms with E-state index in [4.69, 9.17) is 11.6 Å². The van der Waals surface area contributed by atoms with E-state index in [1.165, 1.54) is 12.1 Å². The van der Waals surface area contributed by atoms with Crippen LogP contribution < -0.4 is 10.6 Å². The van der Waals surface area contributed by atoms with Gasteiger partial charge in [-0.1, -0.05) is 17.7 Å². The van der Waals surface area contributed by atoms with E-state index in [9.17, 15) is 19.3 Å². The van der Waals surface area contributed by atoms with Crippen molar-refractivity contribution in [2.24, 2.45) is 0 Å². The van der Waals surface area contributed by atoms with Gasteiger partial charge in [0.25, 0.3) is 0 Å². The molecule has 2 rings (SSSR count). The van der Waals surface area contributed by atoms with Crippen molar-refractivity contribution in [1.82, 2.24) is 0 Å². The Labute approximate surface area is 123 Å². The number of hydrogen-bond donors (Lipinski definition) is 2. The summed E-state index contributed by atoms with van der Waals surface area (Å²) in [5.41, 5.74) is -0.158. The second-order valence-corrected chi connectivity index (χ2v) is 4.45. The lowest BCUT2D eigenvalue weighted by Gasteiger charge is -2.08. The number of anilines is 2. The molecular formula is C13H9ClFN3O3. The zero-order chi connectivity index (χ0) is 15.4. The van der Waals surface area contributed by atoms with Crippen LogP contribution in [-0.2, 0) is 0 Å². The molecule has 2 N–H and O–H groups in total. The molecule has 0 spiro atoms.